The van der Waals surface area contributed by atoms with E-state index in [-0.39, 0.29) is 12.0 Å². The lowest BCUT2D eigenvalue weighted by molar-refractivity contribution is 0.0217. The van der Waals surface area contributed by atoms with Crippen molar-refractivity contribution in [2.75, 3.05) is 6.61 Å². The van der Waals surface area contributed by atoms with Gasteiger partial charge in [-0.1, -0.05) is 25.9 Å². The van der Waals surface area contributed by atoms with Crippen LogP contribution < -0.4 is 0 Å². The van der Waals surface area contributed by atoms with Crippen molar-refractivity contribution < 1.29 is 14.4 Å². The summed E-state index contributed by atoms with van der Waals surface area (Å²) in [5.74, 6) is 1.33. The third kappa shape index (κ3) is 4.09. The molecule has 0 aliphatic rings. The van der Waals surface area contributed by atoms with E-state index in [1.807, 2.05) is 13.8 Å². The first-order valence-corrected chi connectivity index (χ1v) is 6.20. The van der Waals surface area contributed by atoms with E-state index in [1.165, 1.54) is 0 Å². The van der Waals surface area contributed by atoms with Crippen molar-refractivity contribution in [1.29, 1.82) is 0 Å². The van der Waals surface area contributed by atoms with Gasteiger partial charge in [0.25, 0.3) is 0 Å². The molecule has 1 heterocycles. The predicted molar refractivity (Wildman–Crippen MR) is 63.5 cm³/mol. The summed E-state index contributed by atoms with van der Waals surface area (Å²) in [5, 5.41) is 13.4. The van der Waals surface area contributed by atoms with Crippen LogP contribution >= 0.6 is 0 Å². The molecule has 0 bridgehead atoms. The van der Waals surface area contributed by atoms with Crippen molar-refractivity contribution in [1.82, 2.24) is 10.1 Å². The van der Waals surface area contributed by atoms with Crippen LogP contribution in [0.5, 0.6) is 0 Å². The first kappa shape index (κ1) is 14.1. The summed E-state index contributed by atoms with van der Waals surface area (Å²) < 4.78 is 10.7. The lowest BCUT2D eigenvalue weighted by atomic mass is 10.1. The summed E-state index contributed by atoms with van der Waals surface area (Å²) in [5.41, 5.74) is 0. The second-order valence-electron chi connectivity index (χ2n) is 4.43. The zero-order valence-electron chi connectivity index (χ0n) is 11.0. The van der Waals surface area contributed by atoms with Crippen molar-refractivity contribution in [3.05, 3.63) is 11.7 Å². The topological polar surface area (TPSA) is 68.4 Å². The van der Waals surface area contributed by atoms with E-state index in [9.17, 15) is 5.11 Å². The number of aliphatic hydroxyl groups excluding tert-OH is 1. The monoisotopic (exact) mass is 242 g/mol. The Kier molecular flexibility index (Phi) is 5.58. The smallest absolute Gasteiger partial charge is 0.229 e. The molecule has 5 nitrogen and oxygen atoms in total. The van der Waals surface area contributed by atoms with Gasteiger partial charge in [0.1, 0.15) is 6.10 Å². The highest BCUT2D eigenvalue weighted by atomic mass is 16.5. The zero-order chi connectivity index (χ0) is 12.8. The number of rotatable bonds is 7. The van der Waals surface area contributed by atoms with Crippen LogP contribution in [0.4, 0.5) is 0 Å². The molecule has 0 spiro atoms. The van der Waals surface area contributed by atoms with E-state index in [1.54, 1.807) is 0 Å². The lowest BCUT2D eigenvalue weighted by Crippen LogP contribution is -2.13. The third-order valence-electron chi connectivity index (χ3n) is 2.57. The summed E-state index contributed by atoms with van der Waals surface area (Å²) in [6.07, 6.45) is 0.515. The van der Waals surface area contributed by atoms with E-state index in [0.29, 0.717) is 31.2 Å². The minimum absolute atomic E-state index is 0.142. The highest BCUT2D eigenvalue weighted by Crippen LogP contribution is 2.23. The van der Waals surface area contributed by atoms with Gasteiger partial charge >= 0.3 is 0 Å². The molecule has 1 rings (SSSR count). The highest BCUT2D eigenvalue weighted by Gasteiger charge is 2.22. The fourth-order valence-electron chi connectivity index (χ4n) is 1.56. The quantitative estimate of drug-likeness (QED) is 0.793. The molecule has 0 fully saturated rings. The van der Waals surface area contributed by atoms with Crippen LogP contribution in [0.25, 0.3) is 0 Å². The van der Waals surface area contributed by atoms with E-state index in [0.717, 1.165) is 0 Å². The molecule has 0 aliphatic carbocycles. The number of ether oxygens (including phenoxy) is 1. The van der Waals surface area contributed by atoms with Crippen LogP contribution in [0, 0.1) is 5.92 Å². The molecule has 17 heavy (non-hydrogen) atoms. The third-order valence-corrected chi connectivity index (χ3v) is 2.57. The Bertz CT molecular complexity index is 325. The average molecular weight is 242 g/mol. The van der Waals surface area contributed by atoms with Gasteiger partial charge in [-0.3, -0.25) is 0 Å². The van der Waals surface area contributed by atoms with Gasteiger partial charge in [-0.2, -0.15) is 4.98 Å². The van der Waals surface area contributed by atoms with Gasteiger partial charge in [-0.15, -0.1) is 0 Å². The molecule has 0 aromatic carbocycles. The SMILES string of the molecule is CCOC(c1noc(CC(O)CC)n1)C(C)C. The van der Waals surface area contributed by atoms with Gasteiger partial charge in [0.2, 0.25) is 11.7 Å². The highest BCUT2D eigenvalue weighted by molar-refractivity contribution is 4.93. The summed E-state index contributed by atoms with van der Waals surface area (Å²) in [4.78, 5) is 4.28. The molecule has 0 saturated carbocycles. The second kappa shape index (κ2) is 6.71. The first-order chi connectivity index (χ1) is 8.08. The van der Waals surface area contributed by atoms with Crippen molar-refractivity contribution in [2.45, 2.75) is 52.7 Å². The lowest BCUT2D eigenvalue weighted by Gasteiger charge is -2.16. The summed E-state index contributed by atoms with van der Waals surface area (Å²) in [7, 11) is 0. The van der Waals surface area contributed by atoms with Crippen molar-refractivity contribution >= 4 is 0 Å². The fourth-order valence-corrected chi connectivity index (χ4v) is 1.56. The van der Waals surface area contributed by atoms with Gasteiger partial charge in [0.05, 0.1) is 12.5 Å². The second-order valence-corrected chi connectivity index (χ2v) is 4.43. The zero-order valence-corrected chi connectivity index (χ0v) is 11.0. The van der Waals surface area contributed by atoms with Crippen LogP contribution in [-0.2, 0) is 11.2 Å². The molecule has 1 aromatic heterocycles. The predicted octanol–water partition coefficient (Wildman–Crippen LogP) is 2.12. The molecular formula is C12H22N2O3. The van der Waals surface area contributed by atoms with Crippen LogP contribution in [0.2, 0.25) is 0 Å². The maximum absolute atomic E-state index is 9.51. The maximum atomic E-state index is 9.51. The number of hydrogen-bond acceptors (Lipinski definition) is 5. The van der Waals surface area contributed by atoms with Gasteiger partial charge < -0.3 is 14.4 Å². The molecule has 2 atom stereocenters. The molecule has 1 aromatic rings. The fraction of sp³-hybridized carbons (Fsp3) is 0.833. The van der Waals surface area contributed by atoms with Crippen LogP contribution in [0.15, 0.2) is 4.52 Å². The Morgan fingerprint density at radius 1 is 1.35 bits per heavy atom. The van der Waals surface area contributed by atoms with Crippen LogP contribution in [0.1, 0.15) is 51.9 Å². The summed E-state index contributed by atoms with van der Waals surface area (Å²) in [6.45, 7) is 8.58. The number of aromatic nitrogens is 2. The average Bonchev–Trinajstić information content (AvgIpc) is 2.73. The van der Waals surface area contributed by atoms with Crippen LogP contribution in [0.3, 0.4) is 0 Å². The standard InChI is InChI=1S/C12H22N2O3/c1-5-9(15)7-10-13-12(14-17-10)11(8(3)4)16-6-2/h8-9,11,15H,5-7H2,1-4H3. The largest absolute Gasteiger partial charge is 0.393 e. The first-order valence-electron chi connectivity index (χ1n) is 6.20. The molecule has 0 amide bonds. The van der Waals surface area contributed by atoms with Gasteiger partial charge in [0.15, 0.2) is 0 Å². The van der Waals surface area contributed by atoms with Gasteiger partial charge in [0, 0.05) is 6.61 Å². The minimum Gasteiger partial charge on any atom is -0.393 e. The number of nitrogens with zero attached hydrogens (tertiary/aromatic N) is 2. The normalized spacial score (nSPS) is 15.2. The van der Waals surface area contributed by atoms with Crippen molar-refractivity contribution in [3.63, 3.8) is 0 Å². The van der Waals surface area contributed by atoms with Gasteiger partial charge in [-0.25, -0.2) is 0 Å². The van der Waals surface area contributed by atoms with Crippen LogP contribution in [-0.4, -0.2) is 28.0 Å². The Labute approximate surface area is 102 Å². The van der Waals surface area contributed by atoms with Gasteiger partial charge in [-0.05, 0) is 19.3 Å². The van der Waals surface area contributed by atoms with E-state index in [2.05, 4.69) is 24.0 Å². The number of aliphatic hydroxyl groups is 1. The Balaban J connectivity index is 2.70. The van der Waals surface area contributed by atoms with E-state index >= 15 is 0 Å². The maximum Gasteiger partial charge on any atom is 0.229 e. The van der Waals surface area contributed by atoms with E-state index < -0.39 is 6.10 Å². The summed E-state index contributed by atoms with van der Waals surface area (Å²) in [6, 6.07) is 0. The number of hydrogen-bond donors (Lipinski definition) is 1. The molecule has 2 unspecified atom stereocenters. The minimum atomic E-state index is -0.423. The van der Waals surface area contributed by atoms with E-state index in [4.69, 9.17) is 9.26 Å². The Morgan fingerprint density at radius 3 is 2.59 bits per heavy atom. The Morgan fingerprint density at radius 2 is 2.06 bits per heavy atom. The molecule has 0 saturated heterocycles. The van der Waals surface area contributed by atoms with Crippen molar-refractivity contribution in [3.8, 4) is 0 Å². The van der Waals surface area contributed by atoms with Crippen molar-refractivity contribution in [2.24, 2.45) is 5.92 Å². The molecule has 98 valence electrons. The molecule has 0 radical (unpaired) electrons. The Hall–Kier alpha value is -0.940. The molecular weight excluding hydrogens is 220 g/mol. The molecule has 5 heteroatoms. The molecule has 1 N–H and O–H groups in total. The summed E-state index contributed by atoms with van der Waals surface area (Å²) >= 11 is 0. The molecule has 0 aliphatic heterocycles.